The molecule has 5 aromatic rings. The van der Waals surface area contributed by atoms with E-state index in [-0.39, 0.29) is 11.6 Å². The van der Waals surface area contributed by atoms with Gasteiger partial charge in [-0.1, -0.05) is 77.4 Å². The standard InChI is InChI=1S/C29H24ClN5O2/c1-19-31-25-18-34(29-32-27(33-37-29)22-12-14-23(30)15-13-22)17-16-24(25)28(36)35(19)26(20-8-4-2-5-9-20)21-10-6-3-7-11-21/h2-15,26H,16-18H2,1H3. The molecule has 1 aliphatic rings. The Hall–Kier alpha value is -4.23. The second-order valence-corrected chi connectivity index (χ2v) is 9.50. The van der Waals surface area contributed by atoms with Crippen molar-refractivity contribution >= 4 is 17.6 Å². The van der Waals surface area contributed by atoms with Crippen LogP contribution < -0.4 is 10.5 Å². The molecule has 0 radical (unpaired) electrons. The van der Waals surface area contributed by atoms with Crippen molar-refractivity contribution in [3.05, 3.63) is 129 Å². The normalized spacial score (nSPS) is 13.1. The number of anilines is 1. The van der Waals surface area contributed by atoms with Crippen LogP contribution in [-0.4, -0.2) is 26.2 Å². The minimum absolute atomic E-state index is 0.00719. The van der Waals surface area contributed by atoms with Crippen LogP contribution >= 0.6 is 11.6 Å². The molecule has 3 heterocycles. The van der Waals surface area contributed by atoms with Gasteiger partial charge in [0.25, 0.3) is 5.56 Å². The fourth-order valence-electron chi connectivity index (χ4n) is 4.91. The van der Waals surface area contributed by atoms with Gasteiger partial charge < -0.3 is 9.42 Å². The summed E-state index contributed by atoms with van der Waals surface area (Å²) in [5.41, 5.74) is 4.37. The summed E-state index contributed by atoms with van der Waals surface area (Å²) in [6, 6.07) is 27.6. The van der Waals surface area contributed by atoms with Gasteiger partial charge in [0.1, 0.15) is 5.82 Å². The Morgan fingerprint density at radius 3 is 2.19 bits per heavy atom. The lowest BCUT2D eigenvalue weighted by atomic mass is 9.97. The summed E-state index contributed by atoms with van der Waals surface area (Å²) in [5.74, 6) is 1.15. The summed E-state index contributed by atoms with van der Waals surface area (Å²) in [4.78, 5) is 25.4. The third kappa shape index (κ3) is 4.42. The third-order valence-electron chi connectivity index (χ3n) is 6.72. The van der Waals surface area contributed by atoms with Gasteiger partial charge in [0.2, 0.25) is 5.82 Å². The fourth-order valence-corrected chi connectivity index (χ4v) is 5.04. The van der Waals surface area contributed by atoms with E-state index in [4.69, 9.17) is 21.1 Å². The van der Waals surface area contributed by atoms with E-state index in [2.05, 4.69) is 34.4 Å². The molecule has 7 nitrogen and oxygen atoms in total. The number of halogens is 1. The lowest BCUT2D eigenvalue weighted by molar-refractivity contribution is 0.409. The largest absolute Gasteiger partial charge is 0.324 e. The van der Waals surface area contributed by atoms with Crippen molar-refractivity contribution < 1.29 is 4.52 Å². The molecular formula is C29H24ClN5O2. The molecule has 0 saturated carbocycles. The van der Waals surface area contributed by atoms with Gasteiger partial charge >= 0.3 is 6.01 Å². The van der Waals surface area contributed by atoms with E-state index in [0.29, 0.717) is 42.2 Å². The molecule has 2 aromatic heterocycles. The van der Waals surface area contributed by atoms with Crippen molar-refractivity contribution in [2.24, 2.45) is 0 Å². The molecule has 0 saturated heterocycles. The molecule has 0 bridgehead atoms. The van der Waals surface area contributed by atoms with Crippen LogP contribution in [0, 0.1) is 6.92 Å². The average molecular weight is 510 g/mol. The molecule has 1 aliphatic heterocycles. The van der Waals surface area contributed by atoms with Gasteiger partial charge in [-0.25, -0.2) is 4.98 Å². The minimum Gasteiger partial charge on any atom is -0.318 e. The molecule has 37 heavy (non-hydrogen) atoms. The van der Waals surface area contributed by atoms with Crippen LogP contribution in [0.4, 0.5) is 6.01 Å². The topological polar surface area (TPSA) is 77.1 Å². The molecule has 0 spiro atoms. The predicted molar refractivity (Wildman–Crippen MR) is 143 cm³/mol. The summed E-state index contributed by atoms with van der Waals surface area (Å²) >= 11 is 5.99. The first kappa shape index (κ1) is 23.2. The van der Waals surface area contributed by atoms with Crippen LogP contribution in [0.1, 0.15) is 34.3 Å². The summed E-state index contributed by atoms with van der Waals surface area (Å²) in [7, 11) is 0. The number of aryl methyl sites for hydroxylation is 1. The Balaban J connectivity index is 1.35. The number of rotatable bonds is 5. The van der Waals surface area contributed by atoms with Gasteiger partial charge in [0.05, 0.1) is 18.3 Å². The Morgan fingerprint density at radius 2 is 1.54 bits per heavy atom. The van der Waals surface area contributed by atoms with E-state index in [1.807, 2.05) is 64.9 Å². The van der Waals surface area contributed by atoms with Gasteiger partial charge in [-0.2, -0.15) is 4.98 Å². The number of benzene rings is 3. The SMILES string of the molecule is Cc1nc2c(c(=O)n1C(c1ccccc1)c1ccccc1)CCN(c1nc(-c3ccc(Cl)cc3)no1)C2. The van der Waals surface area contributed by atoms with Gasteiger partial charge in [-0.05, 0) is 48.7 Å². The first-order valence-electron chi connectivity index (χ1n) is 12.1. The Bertz CT molecular complexity index is 1560. The molecule has 0 unspecified atom stereocenters. The van der Waals surface area contributed by atoms with Crippen LogP contribution in [-0.2, 0) is 13.0 Å². The maximum Gasteiger partial charge on any atom is 0.324 e. The molecular weight excluding hydrogens is 486 g/mol. The predicted octanol–water partition coefficient (Wildman–Crippen LogP) is 5.46. The van der Waals surface area contributed by atoms with E-state index < -0.39 is 0 Å². The lowest BCUT2D eigenvalue weighted by Crippen LogP contribution is -2.40. The van der Waals surface area contributed by atoms with Gasteiger partial charge in [0, 0.05) is 22.7 Å². The van der Waals surface area contributed by atoms with E-state index in [9.17, 15) is 4.79 Å². The number of aromatic nitrogens is 4. The smallest absolute Gasteiger partial charge is 0.318 e. The maximum atomic E-state index is 13.9. The summed E-state index contributed by atoms with van der Waals surface area (Å²) < 4.78 is 7.39. The zero-order valence-electron chi connectivity index (χ0n) is 20.2. The van der Waals surface area contributed by atoms with Crippen LogP contribution in [0.3, 0.4) is 0 Å². The average Bonchev–Trinajstić information content (AvgIpc) is 3.42. The van der Waals surface area contributed by atoms with E-state index in [1.54, 1.807) is 12.1 Å². The molecule has 0 aliphatic carbocycles. The van der Waals surface area contributed by atoms with E-state index in [0.717, 1.165) is 27.9 Å². The summed E-state index contributed by atoms with van der Waals surface area (Å²) in [6.07, 6.45) is 0.538. The Morgan fingerprint density at radius 1 is 0.892 bits per heavy atom. The highest BCUT2D eigenvalue weighted by molar-refractivity contribution is 6.30. The van der Waals surface area contributed by atoms with Gasteiger partial charge in [-0.3, -0.25) is 9.36 Å². The van der Waals surface area contributed by atoms with Crippen LogP contribution in [0.15, 0.2) is 94.2 Å². The van der Waals surface area contributed by atoms with Crippen LogP contribution in [0.5, 0.6) is 0 Å². The molecule has 6 rings (SSSR count). The monoisotopic (exact) mass is 509 g/mol. The van der Waals surface area contributed by atoms with Crippen molar-refractivity contribution in [2.75, 3.05) is 11.4 Å². The number of nitrogens with zero attached hydrogens (tertiary/aromatic N) is 5. The molecule has 0 N–H and O–H groups in total. The van der Waals surface area contributed by atoms with Gasteiger partial charge in [0.15, 0.2) is 0 Å². The van der Waals surface area contributed by atoms with Crippen molar-refractivity contribution in [1.29, 1.82) is 0 Å². The first-order valence-corrected chi connectivity index (χ1v) is 12.5. The highest BCUT2D eigenvalue weighted by Crippen LogP contribution is 2.29. The second-order valence-electron chi connectivity index (χ2n) is 9.06. The highest BCUT2D eigenvalue weighted by Gasteiger charge is 2.28. The first-order chi connectivity index (χ1) is 18.1. The van der Waals surface area contributed by atoms with E-state index in [1.165, 1.54) is 0 Å². The van der Waals surface area contributed by atoms with Crippen molar-refractivity contribution in [3.8, 4) is 11.4 Å². The van der Waals surface area contributed by atoms with Crippen molar-refractivity contribution in [3.63, 3.8) is 0 Å². The zero-order valence-corrected chi connectivity index (χ0v) is 21.0. The quantitative estimate of drug-likeness (QED) is 0.313. The third-order valence-corrected chi connectivity index (χ3v) is 6.97. The minimum atomic E-state index is -0.261. The van der Waals surface area contributed by atoms with Gasteiger partial charge in [-0.15, -0.1) is 0 Å². The number of fused-ring (bicyclic) bond motifs is 1. The van der Waals surface area contributed by atoms with Crippen molar-refractivity contribution in [2.45, 2.75) is 25.9 Å². The summed E-state index contributed by atoms with van der Waals surface area (Å²) in [5, 5.41) is 4.78. The van der Waals surface area contributed by atoms with E-state index >= 15 is 0 Å². The molecule has 0 fully saturated rings. The molecule has 0 amide bonds. The fraction of sp³-hybridized carbons (Fsp3) is 0.172. The zero-order chi connectivity index (χ0) is 25.4. The van der Waals surface area contributed by atoms with Crippen LogP contribution in [0.25, 0.3) is 11.4 Å². The van der Waals surface area contributed by atoms with Crippen molar-refractivity contribution in [1.82, 2.24) is 19.7 Å². The maximum absolute atomic E-state index is 13.9. The highest BCUT2D eigenvalue weighted by atomic mass is 35.5. The Kier molecular flexibility index (Phi) is 6.06. The molecule has 8 heteroatoms. The lowest BCUT2D eigenvalue weighted by Gasteiger charge is -2.29. The molecule has 184 valence electrons. The molecule has 3 aromatic carbocycles. The number of hydrogen-bond acceptors (Lipinski definition) is 6. The molecule has 0 atom stereocenters. The number of hydrogen-bond donors (Lipinski definition) is 0. The van der Waals surface area contributed by atoms with Crippen LogP contribution in [0.2, 0.25) is 5.02 Å². The second kappa shape index (κ2) is 9.67. The Labute approximate surface area is 219 Å². The summed E-state index contributed by atoms with van der Waals surface area (Å²) in [6.45, 7) is 2.90.